The van der Waals surface area contributed by atoms with Crippen molar-refractivity contribution in [3.8, 4) is 0 Å². The molecule has 0 saturated carbocycles. The molecule has 0 atom stereocenters. The fraction of sp³-hybridized carbons (Fsp3) is 0.154. The second-order valence-corrected chi connectivity index (χ2v) is 4.67. The highest BCUT2D eigenvalue weighted by molar-refractivity contribution is 9.10. The van der Waals surface area contributed by atoms with Crippen LogP contribution in [0.3, 0.4) is 0 Å². The maximum atomic E-state index is 13.4. The first-order chi connectivity index (χ1) is 8.09. The molecule has 0 aliphatic rings. The van der Waals surface area contributed by atoms with E-state index in [1.54, 1.807) is 12.3 Å². The first kappa shape index (κ1) is 12.0. The highest BCUT2D eigenvalue weighted by Crippen LogP contribution is 2.25. The number of aromatic nitrogens is 1. The molecule has 88 valence electrons. The minimum absolute atomic E-state index is 0.261. The molecule has 0 radical (unpaired) electrons. The average molecular weight is 295 g/mol. The molecule has 0 fully saturated rings. The molecule has 0 saturated heterocycles. The van der Waals surface area contributed by atoms with Crippen LogP contribution >= 0.6 is 15.9 Å². The third kappa shape index (κ3) is 2.47. The number of nitrogens with two attached hydrogens (primary N) is 1. The van der Waals surface area contributed by atoms with E-state index in [9.17, 15) is 4.39 Å². The Labute approximate surface area is 108 Å². The monoisotopic (exact) mass is 294 g/mol. The number of anilines is 1. The zero-order valence-electron chi connectivity index (χ0n) is 9.37. The zero-order chi connectivity index (χ0) is 12.4. The van der Waals surface area contributed by atoms with Gasteiger partial charge in [0.25, 0.3) is 0 Å². The Kier molecular flexibility index (Phi) is 3.43. The van der Waals surface area contributed by atoms with Crippen LogP contribution < -0.4 is 5.73 Å². The van der Waals surface area contributed by atoms with Crippen LogP contribution in [0.25, 0.3) is 0 Å². The molecule has 0 aliphatic carbocycles. The van der Waals surface area contributed by atoms with Crippen molar-refractivity contribution < 1.29 is 4.39 Å². The topological polar surface area (TPSA) is 38.9 Å². The van der Waals surface area contributed by atoms with Gasteiger partial charge >= 0.3 is 0 Å². The van der Waals surface area contributed by atoms with Gasteiger partial charge in [-0.2, -0.15) is 0 Å². The van der Waals surface area contributed by atoms with E-state index in [-0.39, 0.29) is 5.82 Å². The molecular weight excluding hydrogens is 283 g/mol. The molecule has 2 rings (SSSR count). The molecule has 0 amide bonds. The number of halogens is 2. The fourth-order valence-corrected chi connectivity index (χ4v) is 2.12. The molecule has 2 N–H and O–H groups in total. The summed E-state index contributed by atoms with van der Waals surface area (Å²) in [7, 11) is 0. The lowest BCUT2D eigenvalue weighted by Crippen LogP contribution is -2.02. The fourth-order valence-electron chi connectivity index (χ4n) is 1.72. The Bertz CT molecular complexity index is 535. The lowest BCUT2D eigenvalue weighted by molar-refractivity contribution is 0.619. The van der Waals surface area contributed by atoms with E-state index in [2.05, 4.69) is 20.9 Å². The van der Waals surface area contributed by atoms with Crippen molar-refractivity contribution in [1.29, 1.82) is 0 Å². The van der Waals surface area contributed by atoms with E-state index in [0.29, 0.717) is 16.7 Å². The molecule has 1 heterocycles. The molecular formula is C13H12BrFN2. The lowest BCUT2D eigenvalue weighted by atomic mass is 10.0. The second kappa shape index (κ2) is 4.84. The van der Waals surface area contributed by atoms with Crippen LogP contribution in [0.15, 0.2) is 34.9 Å². The van der Waals surface area contributed by atoms with Gasteiger partial charge in [-0.05, 0) is 46.1 Å². The van der Waals surface area contributed by atoms with Crippen molar-refractivity contribution in [3.63, 3.8) is 0 Å². The summed E-state index contributed by atoms with van der Waals surface area (Å²) in [6.07, 6.45) is 2.25. The van der Waals surface area contributed by atoms with Crippen LogP contribution in [0.5, 0.6) is 0 Å². The number of aryl methyl sites for hydroxylation is 1. The van der Waals surface area contributed by atoms with Gasteiger partial charge in [-0.15, -0.1) is 0 Å². The third-order valence-corrected chi connectivity index (χ3v) is 3.61. The van der Waals surface area contributed by atoms with Crippen molar-refractivity contribution in [2.75, 3.05) is 5.73 Å². The first-order valence-electron chi connectivity index (χ1n) is 5.22. The Hall–Kier alpha value is -1.42. The Morgan fingerprint density at radius 1 is 1.35 bits per heavy atom. The molecule has 0 unspecified atom stereocenters. The van der Waals surface area contributed by atoms with Crippen LogP contribution in [0.1, 0.15) is 16.7 Å². The summed E-state index contributed by atoms with van der Waals surface area (Å²) in [5, 5.41) is 0. The van der Waals surface area contributed by atoms with Crippen LogP contribution in [0.2, 0.25) is 0 Å². The molecule has 0 bridgehead atoms. The molecule has 0 spiro atoms. The summed E-state index contributed by atoms with van der Waals surface area (Å²) in [5.74, 6) is 0.240. The first-order valence-corrected chi connectivity index (χ1v) is 6.01. The Morgan fingerprint density at radius 2 is 2.12 bits per heavy atom. The second-order valence-electron chi connectivity index (χ2n) is 3.88. The predicted octanol–water partition coefficient (Wildman–Crippen LogP) is 3.46. The summed E-state index contributed by atoms with van der Waals surface area (Å²) < 4.78 is 13.9. The summed E-state index contributed by atoms with van der Waals surface area (Å²) in [6, 6.07) is 6.89. The van der Waals surface area contributed by atoms with Gasteiger partial charge < -0.3 is 5.73 Å². The van der Waals surface area contributed by atoms with Gasteiger partial charge in [-0.3, -0.25) is 0 Å². The molecule has 17 heavy (non-hydrogen) atoms. The van der Waals surface area contributed by atoms with Gasteiger partial charge in [0.05, 0.1) is 4.47 Å². The largest absolute Gasteiger partial charge is 0.383 e. The van der Waals surface area contributed by atoms with Crippen LogP contribution in [0.4, 0.5) is 10.2 Å². The highest BCUT2D eigenvalue weighted by atomic mass is 79.9. The van der Waals surface area contributed by atoms with Gasteiger partial charge in [-0.1, -0.05) is 12.1 Å². The Balaban J connectivity index is 2.42. The molecule has 2 nitrogen and oxygen atoms in total. The molecule has 1 aromatic carbocycles. The minimum Gasteiger partial charge on any atom is -0.383 e. The summed E-state index contributed by atoms with van der Waals surface area (Å²) in [4.78, 5) is 4.06. The van der Waals surface area contributed by atoms with Crippen molar-refractivity contribution in [2.45, 2.75) is 13.3 Å². The van der Waals surface area contributed by atoms with Gasteiger partial charge in [-0.25, -0.2) is 9.37 Å². The van der Waals surface area contributed by atoms with Crippen molar-refractivity contribution in [2.24, 2.45) is 0 Å². The molecule has 2 aromatic rings. The Morgan fingerprint density at radius 3 is 2.82 bits per heavy atom. The van der Waals surface area contributed by atoms with E-state index in [1.807, 2.05) is 19.1 Å². The number of hydrogen-bond donors (Lipinski definition) is 1. The standard InChI is InChI=1S/C13H12BrFN2/c1-8-5-6-17-13(16)10(8)7-9-3-2-4-11(15)12(9)14/h2-6H,7H2,1H3,(H2,16,17). The number of nitrogen functional groups attached to an aromatic ring is 1. The van der Waals surface area contributed by atoms with E-state index in [1.165, 1.54) is 6.07 Å². The van der Waals surface area contributed by atoms with Crippen LogP contribution in [-0.4, -0.2) is 4.98 Å². The molecule has 0 aliphatic heterocycles. The van der Waals surface area contributed by atoms with E-state index >= 15 is 0 Å². The van der Waals surface area contributed by atoms with Gasteiger partial charge in [0, 0.05) is 18.2 Å². The minimum atomic E-state index is -0.261. The van der Waals surface area contributed by atoms with Gasteiger partial charge in [0.15, 0.2) is 0 Å². The lowest BCUT2D eigenvalue weighted by Gasteiger charge is -2.10. The predicted molar refractivity (Wildman–Crippen MR) is 70.3 cm³/mol. The van der Waals surface area contributed by atoms with Crippen LogP contribution in [-0.2, 0) is 6.42 Å². The van der Waals surface area contributed by atoms with E-state index in [0.717, 1.165) is 16.7 Å². The van der Waals surface area contributed by atoms with Gasteiger partial charge in [0.2, 0.25) is 0 Å². The number of benzene rings is 1. The van der Waals surface area contributed by atoms with Crippen molar-refractivity contribution in [3.05, 3.63) is 57.4 Å². The van der Waals surface area contributed by atoms with Gasteiger partial charge in [0.1, 0.15) is 11.6 Å². The number of rotatable bonds is 2. The molecule has 4 heteroatoms. The van der Waals surface area contributed by atoms with Crippen LogP contribution in [0, 0.1) is 12.7 Å². The number of nitrogens with zero attached hydrogens (tertiary/aromatic N) is 1. The SMILES string of the molecule is Cc1ccnc(N)c1Cc1cccc(F)c1Br. The van der Waals surface area contributed by atoms with E-state index in [4.69, 9.17) is 5.73 Å². The van der Waals surface area contributed by atoms with Crippen molar-refractivity contribution >= 4 is 21.7 Å². The normalized spacial score (nSPS) is 10.5. The maximum Gasteiger partial charge on any atom is 0.137 e. The quantitative estimate of drug-likeness (QED) is 0.921. The van der Waals surface area contributed by atoms with E-state index < -0.39 is 0 Å². The summed E-state index contributed by atoms with van der Waals surface area (Å²) >= 11 is 3.25. The third-order valence-electron chi connectivity index (χ3n) is 2.72. The smallest absolute Gasteiger partial charge is 0.137 e. The molecule has 1 aromatic heterocycles. The maximum absolute atomic E-state index is 13.4. The van der Waals surface area contributed by atoms with Crippen molar-refractivity contribution in [1.82, 2.24) is 4.98 Å². The highest BCUT2D eigenvalue weighted by Gasteiger charge is 2.10. The average Bonchev–Trinajstić information content (AvgIpc) is 2.29. The number of pyridine rings is 1. The zero-order valence-corrected chi connectivity index (χ0v) is 11.0. The number of hydrogen-bond acceptors (Lipinski definition) is 2. The summed E-state index contributed by atoms with van der Waals surface area (Å²) in [6.45, 7) is 1.97. The summed E-state index contributed by atoms with van der Waals surface area (Å²) in [5.41, 5.74) is 8.71.